The van der Waals surface area contributed by atoms with Gasteiger partial charge in [0.15, 0.2) is 0 Å². The molecule has 2 aliphatic rings. The molecule has 9 heavy (non-hydrogen) atoms. The maximum Gasteiger partial charge on any atom is 0.0721 e. The van der Waals surface area contributed by atoms with Crippen LogP contribution in [0.4, 0.5) is 0 Å². The molecule has 1 aliphatic carbocycles. The first-order chi connectivity index (χ1) is 4.36. The largest absolute Gasteiger partial charge is 0.386 e. The third-order valence-electron chi connectivity index (χ3n) is 1.75. The lowest BCUT2D eigenvalue weighted by molar-refractivity contribution is 0.827. The Hall–Kier alpha value is -0.790. The van der Waals surface area contributed by atoms with Gasteiger partial charge in [-0.1, -0.05) is 0 Å². The van der Waals surface area contributed by atoms with Crippen molar-refractivity contribution in [3.05, 3.63) is 11.8 Å². The van der Waals surface area contributed by atoms with Gasteiger partial charge in [-0.15, -0.1) is 0 Å². The highest BCUT2D eigenvalue weighted by molar-refractivity contribution is 5.78. The topological polar surface area (TPSA) is 24.4 Å². The van der Waals surface area contributed by atoms with Crippen LogP contribution in [0.5, 0.6) is 0 Å². The van der Waals surface area contributed by atoms with Crippen molar-refractivity contribution in [2.24, 2.45) is 4.99 Å². The van der Waals surface area contributed by atoms with Crippen molar-refractivity contribution in [1.82, 2.24) is 5.32 Å². The summed E-state index contributed by atoms with van der Waals surface area (Å²) in [7, 11) is 0. The maximum atomic E-state index is 4.32. The number of hydrogen-bond acceptors (Lipinski definition) is 2. The molecule has 0 amide bonds. The molecule has 0 aromatic carbocycles. The van der Waals surface area contributed by atoms with Crippen LogP contribution in [0.3, 0.4) is 0 Å². The number of allylic oxidation sites excluding steroid dienone is 1. The zero-order chi connectivity index (χ0) is 6.27. The van der Waals surface area contributed by atoms with Gasteiger partial charge >= 0.3 is 0 Å². The minimum atomic E-state index is 0.582. The fourth-order valence-corrected chi connectivity index (χ4v) is 1.01. The summed E-state index contributed by atoms with van der Waals surface area (Å²) < 4.78 is 0. The third kappa shape index (κ3) is 0.846. The number of nitrogens with one attached hydrogen (secondary N) is 1. The van der Waals surface area contributed by atoms with E-state index in [1.165, 1.54) is 12.0 Å². The smallest absolute Gasteiger partial charge is 0.0721 e. The number of rotatable bonds is 0. The second kappa shape index (κ2) is 1.59. The Kier molecular flexibility index (Phi) is 0.891. The summed E-state index contributed by atoms with van der Waals surface area (Å²) >= 11 is 0. The molecule has 0 bridgehead atoms. The van der Waals surface area contributed by atoms with E-state index in [9.17, 15) is 0 Å². The first kappa shape index (κ1) is 5.03. The van der Waals surface area contributed by atoms with E-state index >= 15 is 0 Å². The van der Waals surface area contributed by atoms with Gasteiger partial charge in [-0.05, 0) is 18.9 Å². The summed E-state index contributed by atoms with van der Waals surface area (Å²) in [6, 6.07) is 1.23. The molecule has 1 aliphatic heterocycles. The average Bonchev–Trinajstić information content (AvgIpc) is 2.54. The van der Waals surface area contributed by atoms with E-state index < -0.39 is 0 Å². The molecular weight excluding hydrogens is 112 g/mol. The first-order valence-electron chi connectivity index (χ1n) is 3.32. The van der Waals surface area contributed by atoms with Crippen LogP contribution in [-0.4, -0.2) is 18.3 Å². The van der Waals surface area contributed by atoms with E-state index in [0.717, 1.165) is 0 Å². The van der Waals surface area contributed by atoms with E-state index in [2.05, 4.69) is 17.2 Å². The van der Waals surface area contributed by atoms with E-state index in [4.69, 9.17) is 0 Å². The van der Waals surface area contributed by atoms with Crippen molar-refractivity contribution < 1.29 is 0 Å². The van der Waals surface area contributed by atoms with Crippen LogP contribution < -0.4 is 5.32 Å². The zero-order valence-corrected chi connectivity index (χ0v) is 5.46. The minimum absolute atomic E-state index is 0.582. The maximum absolute atomic E-state index is 4.32. The minimum Gasteiger partial charge on any atom is -0.386 e. The first-order valence-corrected chi connectivity index (χ1v) is 3.32. The van der Waals surface area contributed by atoms with Gasteiger partial charge in [0.25, 0.3) is 0 Å². The van der Waals surface area contributed by atoms with Crippen molar-refractivity contribution in [1.29, 1.82) is 0 Å². The predicted molar refractivity (Wildman–Crippen MR) is 37.6 cm³/mol. The monoisotopic (exact) mass is 122 g/mol. The summed E-state index contributed by atoms with van der Waals surface area (Å²) in [4.78, 5) is 4.32. The van der Waals surface area contributed by atoms with Crippen LogP contribution in [0.1, 0.15) is 13.3 Å². The van der Waals surface area contributed by atoms with E-state index in [-0.39, 0.29) is 0 Å². The molecule has 1 fully saturated rings. The van der Waals surface area contributed by atoms with Gasteiger partial charge in [0.2, 0.25) is 0 Å². The molecule has 2 heteroatoms. The molecule has 2 unspecified atom stereocenters. The standard InChI is InChI=1S/C7H10N2/c1-5-3-8-6-2-7(6)9-4-5/h3-4,6-8H,2H2,1H3. The lowest BCUT2D eigenvalue weighted by Gasteiger charge is -1.92. The highest BCUT2D eigenvalue weighted by Gasteiger charge is 2.36. The van der Waals surface area contributed by atoms with E-state index in [0.29, 0.717) is 12.1 Å². The average molecular weight is 122 g/mol. The molecule has 0 aromatic rings. The Morgan fingerprint density at radius 2 is 2.67 bits per heavy atom. The molecule has 2 rings (SSSR count). The molecule has 0 aromatic heterocycles. The Balaban J connectivity index is 2.16. The van der Waals surface area contributed by atoms with Gasteiger partial charge < -0.3 is 5.32 Å². The van der Waals surface area contributed by atoms with Crippen molar-refractivity contribution in [2.75, 3.05) is 0 Å². The van der Waals surface area contributed by atoms with Crippen molar-refractivity contribution >= 4 is 6.21 Å². The molecule has 1 heterocycles. The molecule has 0 spiro atoms. The lowest BCUT2D eigenvalue weighted by Crippen LogP contribution is -2.10. The Morgan fingerprint density at radius 1 is 1.78 bits per heavy atom. The normalized spacial score (nSPS) is 38.1. The molecule has 48 valence electrons. The number of fused-ring (bicyclic) bond motifs is 1. The fourth-order valence-electron chi connectivity index (χ4n) is 1.01. The third-order valence-corrected chi connectivity index (χ3v) is 1.75. The molecular formula is C7H10N2. The summed E-state index contributed by atoms with van der Waals surface area (Å²) in [5, 5.41) is 3.28. The number of aliphatic imine (C=N–C) groups is 1. The highest BCUT2D eigenvalue weighted by atomic mass is 15.0. The summed E-state index contributed by atoms with van der Waals surface area (Å²) in [6.07, 6.45) is 5.21. The Bertz CT molecular complexity index is 181. The fraction of sp³-hybridized carbons (Fsp3) is 0.571. The van der Waals surface area contributed by atoms with Crippen LogP contribution in [-0.2, 0) is 0 Å². The summed E-state index contributed by atoms with van der Waals surface area (Å²) in [6.45, 7) is 2.06. The molecule has 0 saturated heterocycles. The molecule has 0 radical (unpaired) electrons. The van der Waals surface area contributed by atoms with Gasteiger partial charge in [0, 0.05) is 12.4 Å². The Morgan fingerprint density at radius 3 is 3.56 bits per heavy atom. The van der Waals surface area contributed by atoms with Gasteiger partial charge in [-0.3, -0.25) is 4.99 Å². The van der Waals surface area contributed by atoms with Crippen molar-refractivity contribution in [3.63, 3.8) is 0 Å². The molecule has 2 atom stereocenters. The molecule has 1 saturated carbocycles. The second-order valence-electron chi connectivity index (χ2n) is 2.74. The second-order valence-corrected chi connectivity index (χ2v) is 2.74. The van der Waals surface area contributed by atoms with Crippen LogP contribution in [0, 0.1) is 0 Å². The van der Waals surface area contributed by atoms with Crippen LogP contribution in [0.15, 0.2) is 16.8 Å². The molecule has 1 N–H and O–H groups in total. The van der Waals surface area contributed by atoms with Crippen LogP contribution >= 0.6 is 0 Å². The quantitative estimate of drug-likeness (QED) is 0.502. The van der Waals surface area contributed by atoms with Gasteiger partial charge in [0.05, 0.1) is 12.1 Å². The van der Waals surface area contributed by atoms with Gasteiger partial charge in [-0.25, -0.2) is 0 Å². The van der Waals surface area contributed by atoms with Gasteiger partial charge in [0.1, 0.15) is 0 Å². The van der Waals surface area contributed by atoms with Gasteiger partial charge in [-0.2, -0.15) is 0 Å². The summed E-state index contributed by atoms with van der Waals surface area (Å²) in [5.41, 5.74) is 1.22. The SMILES string of the molecule is CC1=CNC2CC2N=C1. The van der Waals surface area contributed by atoms with E-state index in [1.54, 1.807) is 0 Å². The lowest BCUT2D eigenvalue weighted by atomic mass is 10.4. The van der Waals surface area contributed by atoms with Crippen molar-refractivity contribution in [3.8, 4) is 0 Å². The highest BCUT2D eigenvalue weighted by Crippen LogP contribution is 2.26. The zero-order valence-electron chi connectivity index (χ0n) is 5.46. The molecule has 2 nitrogen and oxygen atoms in total. The predicted octanol–water partition coefficient (Wildman–Crippen LogP) is 0.705. The Labute approximate surface area is 54.7 Å². The number of hydrogen-bond donors (Lipinski definition) is 1. The summed E-state index contributed by atoms with van der Waals surface area (Å²) in [5.74, 6) is 0. The van der Waals surface area contributed by atoms with Crippen molar-refractivity contribution in [2.45, 2.75) is 25.4 Å². The van der Waals surface area contributed by atoms with Crippen LogP contribution in [0.25, 0.3) is 0 Å². The number of nitrogens with zero attached hydrogens (tertiary/aromatic N) is 1. The van der Waals surface area contributed by atoms with Crippen LogP contribution in [0.2, 0.25) is 0 Å². The van der Waals surface area contributed by atoms with E-state index in [1.807, 2.05) is 12.4 Å².